The van der Waals surface area contributed by atoms with Crippen LogP contribution in [0.5, 0.6) is 5.75 Å². The smallest absolute Gasteiger partial charge is 0.345 e. The molecule has 0 amide bonds. The molecule has 2 rings (SSSR count). The first kappa shape index (κ1) is 14.4. The minimum absolute atomic E-state index is 0.0172. The molecule has 0 aromatic heterocycles. The van der Waals surface area contributed by atoms with Crippen molar-refractivity contribution in [3.8, 4) is 5.75 Å². The lowest BCUT2D eigenvalue weighted by Gasteiger charge is -2.22. The monoisotopic (exact) mass is 272 g/mol. The molecule has 0 spiro atoms. The number of benzene rings is 2. The summed E-state index contributed by atoms with van der Waals surface area (Å²) in [6, 6.07) is 13.5. The summed E-state index contributed by atoms with van der Waals surface area (Å²) in [5, 5.41) is 11.4. The molecule has 3 nitrogen and oxygen atoms in total. The standard InChI is InChI=1S/C17H20O3/c1-3-7-12(2)16(17(18)19)20-15-11-6-9-13-8-4-5-10-14(13)15/h4-6,8-12,16H,3,7H2,1-2H3,(H,18,19). The van der Waals surface area contributed by atoms with Gasteiger partial charge >= 0.3 is 5.97 Å². The van der Waals surface area contributed by atoms with Gasteiger partial charge in [-0.2, -0.15) is 0 Å². The Morgan fingerprint density at radius 2 is 1.90 bits per heavy atom. The van der Waals surface area contributed by atoms with E-state index in [1.165, 1.54) is 0 Å². The van der Waals surface area contributed by atoms with Gasteiger partial charge in [-0.25, -0.2) is 4.79 Å². The second-order valence-corrected chi connectivity index (χ2v) is 5.12. The van der Waals surface area contributed by atoms with Gasteiger partial charge in [-0.3, -0.25) is 0 Å². The van der Waals surface area contributed by atoms with Crippen molar-refractivity contribution >= 4 is 16.7 Å². The Balaban J connectivity index is 2.31. The summed E-state index contributed by atoms with van der Waals surface area (Å²) < 4.78 is 5.80. The minimum Gasteiger partial charge on any atom is -0.478 e. The lowest BCUT2D eigenvalue weighted by atomic mass is 9.99. The summed E-state index contributed by atoms with van der Waals surface area (Å²) in [4.78, 5) is 11.4. The van der Waals surface area contributed by atoms with Gasteiger partial charge in [0.15, 0.2) is 6.10 Å². The normalized spacial score (nSPS) is 13.9. The molecule has 0 aliphatic rings. The first-order valence-electron chi connectivity index (χ1n) is 7.00. The molecule has 0 bridgehead atoms. The van der Waals surface area contributed by atoms with Gasteiger partial charge in [0.2, 0.25) is 0 Å². The maximum Gasteiger partial charge on any atom is 0.345 e. The molecule has 0 saturated carbocycles. The van der Waals surface area contributed by atoms with Gasteiger partial charge in [-0.05, 0) is 17.9 Å². The van der Waals surface area contributed by atoms with Crippen molar-refractivity contribution in [3.63, 3.8) is 0 Å². The van der Waals surface area contributed by atoms with Crippen LogP contribution in [-0.2, 0) is 4.79 Å². The maximum atomic E-state index is 11.4. The molecular weight excluding hydrogens is 252 g/mol. The highest BCUT2D eigenvalue weighted by Gasteiger charge is 2.26. The third-order valence-corrected chi connectivity index (χ3v) is 3.51. The summed E-state index contributed by atoms with van der Waals surface area (Å²) in [6.45, 7) is 3.97. The summed E-state index contributed by atoms with van der Waals surface area (Å²) >= 11 is 0. The molecule has 20 heavy (non-hydrogen) atoms. The van der Waals surface area contributed by atoms with Gasteiger partial charge in [0, 0.05) is 11.3 Å². The van der Waals surface area contributed by atoms with E-state index in [1.807, 2.05) is 56.3 Å². The Kier molecular flexibility index (Phi) is 4.61. The lowest BCUT2D eigenvalue weighted by molar-refractivity contribution is -0.147. The Morgan fingerprint density at radius 1 is 1.20 bits per heavy atom. The molecule has 3 heteroatoms. The topological polar surface area (TPSA) is 46.5 Å². The quantitative estimate of drug-likeness (QED) is 0.860. The number of hydrogen-bond donors (Lipinski definition) is 1. The third kappa shape index (κ3) is 3.10. The number of ether oxygens (including phenoxy) is 1. The van der Waals surface area contributed by atoms with E-state index in [4.69, 9.17) is 4.74 Å². The van der Waals surface area contributed by atoms with Gasteiger partial charge in [0.25, 0.3) is 0 Å². The molecule has 0 aliphatic heterocycles. The average molecular weight is 272 g/mol. The highest BCUT2D eigenvalue weighted by molar-refractivity contribution is 5.88. The fraction of sp³-hybridized carbons (Fsp3) is 0.353. The van der Waals surface area contributed by atoms with Crippen LogP contribution in [-0.4, -0.2) is 17.2 Å². The van der Waals surface area contributed by atoms with Gasteiger partial charge in [0.05, 0.1) is 0 Å². The van der Waals surface area contributed by atoms with E-state index >= 15 is 0 Å². The molecule has 0 fully saturated rings. The van der Waals surface area contributed by atoms with Crippen LogP contribution in [0.2, 0.25) is 0 Å². The summed E-state index contributed by atoms with van der Waals surface area (Å²) in [5.41, 5.74) is 0. The van der Waals surface area contributed by atoms with Gasteiger partial charge < -0.3 is 9.84 Å². The largest absolute Gasteiger partial charge is 0.478 e. The van der Waals surface area contributed by atoms with Crippen molar-refractivity contribution in [2.24, 2.45) is 5.92 Å². The zero-order chi connectivity index (χ0) is 14.5. The van der Waals surface area contributed by atoms with Crippen LogP contribution in [0.1, 0.15) is 26.7 Å². The molecule has 0 heterocycles. The number of carbonyl (C=O) groups is 1. The number of aliphatic carboxylic acids is 1. The van der Waals surface area contributed by atoms with Crippen molar-refractivity contribution in [2.75, 3.05) is 0 Å². The van der Waals surface area contributed by atoms with Crippen LogP contribution in [0, 0.1) is 5.92 Å². The fourth-order valence-corrected chi connectivity index (χ4v) is 2.45. The second kappa shape index (κ2) is 6.42. The Morgan fingerprint density at radius 3 is 2.60 bits per heavy atom. The molecule has 2 atom stereocenters. The zero-order valence-electron chi connectivity index (χ0n) is 11.9. The molecule has 2 aromatic carbocycles. The second-order valence-electron chi connectivity index (χ2n) is 5.12. The molecule has 0 saturated heterocycles. The molecule has 1 N–H and O–H groups in total. The predicted octanol–water partition coefficient (Wildman–Crippen LogP) is 4.11. The number of carboxylic acids is 1. The van der Waals surface area contributed by atoms with Gasteiger partial charge in [-0.15, -0.1) is 0 Å². The molecule has 0 radical (unpaired) electrons. The van der Waals surface area contributed by atoms with Crippen molar-refractivity contribution in [1.82, 2.24) is 0 Å². The minimum atomic E-state index is -0.904. The van der Waals surface area contributed by atoms with Crippen LogP contribution in [0.3, 0.4) is 0 Å². The van der Waals surface area contributed by atoms with Gasteiger partial charge in [-0.1, -0.05) is 56.7 Å². The van der Waals surface area contributed by atoms with Crippen LogP contribution < -0.4 is 4.74 Å². The third-order valence-electron chi connectivity index (χ3n) is 3.51. The Bertz CT molecular complexity index is 586. The first-order valence-corrected chi connectivity index (χ1v) is 7.00. The van der Waals surface area contributed by atoms with E-state index in [9.17, 15) is 9.90 Å². The van der Waals surface area contributed by atoms with Crippen molar-refractivity contribution in [1.29, 1.82) is 0 Å². The molecule has 2 aromatic rings. The van der Waals surface area contributed by atoms with E-state index in [1.54, 1.807) is 0 Å². The van der Waals surface area contributed by atoms with Crippen molar-refractivity contribution < 1.29 is 14.6 Å². The molecular formula is C17H20O3. The Labute approximate surface area is 119 Å². The molecule has 2 unspecified atom stereocenters. The van der Waals surface area contributed by atoms with Gasteiger partial charge in [0.1, 0.15) is 5.75 Å². The predicted molar refractivity (Wildman–Crippen MR) is 80.1 cm³/mol. The van der Waals surface area contributed by atoms with E-state index in [2.05, 4.69) is 0 Å². The van der Waals surface area contributed by atoms with Crippen LogP contribution in [0.15, 0.2) is 42.5 Å². The maximum absolute atomic E-state index is 11.4. The van der Waals surface area contributed by atoms with Crippen LogP contribution in [0.25, 0.3) is 10.8 Å². The van der Waals surface area contributed by atoms with Crippen LogP contribution in [0.4, 0.5) is 0 Å². The zero-order valence-corrected chi connectivity index (χ0v) is 11.9. The van der Waals surface area contributed by atoms with Crippen LogP contribution >= 0.6 is 0 Å². The van der Waals surface area contributed by atoms with Crippen molar-refractivity contribution in [3.05, 3.63) is 42.5 Å². The molecule has 0 aliphatic carbocycles. The summed E-state index contributed by atoms with van der Waals surface area (Å²) in [7, 11) is 0. The van der Waals surface area contributed by atoms with E-state index < -0.39 is 12.1 Å². The lowest BCUT2D eigenvalue weighted by Crippen LogP contribution is -2.33. The molecule has 106 valence electrons. The number of rotatable bonds is 6. The first-order chi connectivity index (χ1) is 9.63. The van der Waals surface area contributed by atoms with E-state index in [-0.39, 0.29) is 5.92 Å². The Hall–Kier alpha value is -2.03. The average Bonchev–Trinajstić information content (AvgIpc) is 2.44. The number of fused-ring (bicyclic) bond motifs is 1. The van der Waals surface area contributed by atoms with E-state index in [0.717, 1.165) is 23.6 Å². The highest BCUT2D eigenvalue weighted by Crippen LogP contribution is 2.28. The fourth-order valence-electron chi connectivity index (χ4n) is 2.45. The highest BCUT2D eigenvalue weighted by atomic mass is 16.5. The summed E-state index contributed by atoms with van der Waals surface area (Å²) in [6.07, 6.45) is 0.978. The number of carboxylic acid groups (broad SMARTS) is 1. The van der Waals surface area contributed by atoms with E-state index in [0.29, 0.717) is 5.75 Å². The summed E-state index contributed by atoms with van der Waals surface area (Å²) in [5.74, 6) is -0.284. The van der Waals surface area contributed by atoms with Crippen molar-refractivity contribution in [2.45, 2.75) is 32.8 Å². The number of hydrogen-bond acceptors (Lipinski definition) is 2. The SMILES string of the molecule is CCCC(C)C(Oc1cccc2ccccc12)C(=O)O.